The van der Waals surface area contributed by atoms with E-state index in [1.54, 1.807) is 48.5 Å². The van der Waals surface area contributed by atoms with Crippen molar-refractivity contribution in [1.82, 2.24) is 9.97 Å². The highest BCUT2D eigenvalue weighted by Gasteiger charge is 2.10. The third-order valence-corrected chi connectivity index (χ3v) is 3.73. The summed E-state index contributed by atoms with van der Waals surface area (Å²) >= 11 is 0. The molecule has 138 valence electrons. The van der Waals surface area contributed by atoms with Crippen LogP contribution in [0.15, 0.2) is 60.9 Å². The second-order valence-corrected chi connectivity index (χ2v) is 5.62. The lowest BCUT2D eigenvalue weighted by Crippen LogP contribution is -2.14. The van der Waals surface area contributed by atoms with Gasteiger partial charge in [0.05, 0.1) is 36.7 Å². The summed E-state index contributed by atoms with van der Waals surface area (Å²) in [6.45, 7) is 0. The Hall–Kier alpha value is -4.25. The first kappa shape index (κ1) is 18.5. The van der Waals surface area contributed by atoms with Crippen LogP contribution in [0.2, 0.25) is 0 Å². The summed E-state index contributed by atoms with van der Waals surface area (Å²) in [4.78, 5) is 32.0. The van der Waals surface area contributed by atoms with Crippen LogP contribution in [0.5, 0.6) is 0 Å². The van der Waals surface area contributed by atoms with Gasteiger partial charge in [-0.15, -0.1) is 0 Å². The van der Waals surface area contributed by atoms with Crippen molar-refractivity contribution in [2.24, 2.45) is 0 Å². The summed E-state index contributed by atoms with van der Waals surface area (Å²) < 4.78 is 4.63. The summed E-state index contributed by atoms with van der Waals surface area (Å²) in [6, 6.07) is 15.2. The molecule has 0 atom stereocenters. The quantitative estimate of drug-likeness (QED) is 0.660. The van der Waals surface area contributed by atoms with Crippen LogP contribution in [-0.4, -0.2) is 29.0 Å². The molecule has 1 aromatic heterocycles. The third kappa shape index (κ3) is 4.47. The summed E-state index contributed by atoms with van der Waals surface area (Å²) in [6.07, 6.45) is 2.79. The molecule has 8 nitrogen and oxygen atoms in total. The van der Waals surface area contributed by atoms with Crippen molar-refractivity contribution in [2.45, 2.75) is 0 Å². The average molecular weight is 373 g/mol. The van der Waals surface area contributed by atoms with Gasteiger partial charge in [0.25, 0.3) is 5.91 Å². The van der Waals surface area contributed by atoms with Gasteiger partial charge in [-0.25, -0.2) is 14.8 Å². The number of hydrogen-bond acceptors (Lipinski definition) is 7. The van der Waals surface area contributed by atoms with Gasteiger partial charge in [0, 0.05) is 11.4 Å². The second kappa shape index (κ2) is 8.42. The van der Waals surface area contributed by atoms with Crippen molar-refractivity contribution in [3.05, 3.63) is 77.7 Å². The molecule has 0 fully saturated rings. The van der Waals surface area contributed by atoms with Gasteiger partial charge in [-0.1, -0.05) is 0 Å². The van der Waals surface area contributed by atoms with Crippen LogP contribution in [-0.2, 0) is 4.74 Å². The molecule has 0 spiro atoms. The van der Waals surface area contributed by atoms with Crippen molar-refractivity contribution >= 4 is 29.1 Å². The van der Waals surface area contributed by atoms with E-state index < -0.39 is 11.9 Å². The van der Waals surface area contributed by atoms with Crippen LogP contribution in [0.4, 0.5) is 17.2 Å². The van der Waals surface area contributed by atoms with Gasteiger partial charge in [-0.3, -0.25) is 4.79 Å². The number of nitrogens with zero attached hydrogens (tertiary/aromatic N) is 3. The van der Waals surface area contributed by atoms with Crippen LogP contribution in [0.3, 0.4) is 0 Å². The maximum absolute atomic E-state index is 12.3. The van der Waals surface area contributed by atoms with Crippen molar-refractivity contribution < 1.29 is 14.3 Å². The predicted octanol–water partition coefficient (Wildman–Crippen LogP) is 3.13. The van der Waals surface area contributed by atoms with E-state index in [1.807, 2.05) is 6.07 Å². The topological polar surface area (TPSA) is 117 Å². The number of anilines is 3. The number of amides is 1. The smallest absolute Gasteiger partial charge is 0.337 e. The Balaban J connectivity index is 1.63. The van der Waals surface area contributed by atoms with E-state index in [4.69, 9.17) is 5.26 Å². The van der Waals surface area contributed by atoms with E-state index >= 15 is 0 Å². The minimum Gasteiger partial charge on any atom is -0.465 e. The van der Waals surface area contributed by atoms with E-state index in [2.05, 4.69) is 25.3 Å². The lowest BCUT2D eigenvalue weighted by Gasteiger charge is -2.07. The number of ether oxygens (including phenoxy) is 1. The number of aromatic nitrogens is 2. The van der Waals surface area contributed by atoms with Crippen LogP contribution in [0.25, 0.3) is 0 Å². The molecule has 0 saturated carbocycles. The maximum atomic E-state index is 12.3. The molecule has 3 rings (SSSR count). The monoisotopic (exact) mass is 373 g/mol. The largest absolute Gasteiger partial charge is 0.465 e. The number of methoxy groups -OCH3 is 1. The number of benzene rings is 2. The highest BCUT2D eigenvalue weighted by Crippen LogP contribution is 2.15. The predicted molar refractivity (Wildman–Crippen MR) is 102 cm³/mol. The normalized spacial score (nSPS) is 9.86. The Morgan fingerprint density at radius 2 is 1.64 bits per heavy atom. The first-order chi connectivity index (χ1) is 13.6. The molecule has 28 heavy (non-hydrogen) atoms. The Kier molecular flexibility index (Phi) is 5.58. The molecule has 2 aromatic carbocycles. The maximum Gasteiger partial charge on any atom is 0.337 e. The number of hydrogen-bond donors (Lipinski definition) is 2. The number of nitriles is 1. The first-order valence-electron chi connectivity index (χ1n) is 8.18. The van der Waals surface area contributed by atoms with Crippen molar-refractivity contribution in [3.63, 3.8) is 0 Å². The van der Waals surface area contributed by atoms with E-state index in [0.29, 0.717) is 22.6 Å². The van der Waals surface area contributed by atoms with Gasteiger partial charge >= 0.3 is 5.97 Å². The SMILES string of the molecule is COC(=O)c1ccc(NC(=O)c2cnc(Nc3ccc(C#N)cc3)cn2)cc1. The average Bonchev–Trinajstić information content (AvgIpc) is 2.74. The van der Waals surface area contributed by atoms with Gasteiger partial charge in [0.2, 0.25) is 0 Å². The lowest BCUT2D eigenvalue weighted by atomic mass is 10.2. The molecule has 0 unspecified atom stereocenters. The Morgan fingerprint density at radius 1 is 0.964 bits per heavy atom. The molecule has 0 saturated heterocycles. The number of carbonyl (C=O) groups is 2. The van der Waals surface area contributed by atoms with Gasteiger partial charge in [-0.05, 0) is 48.5 Å². The molecule has 3 aromatic rings. The van der Waals surface area contributed by atoms with Gasteiger partial charge in [0.1, 0.15) is 11.5 Å². The van der Waals surface area contributed by atoms with E-state index in [1.165, 1.54) is 19.5 Å². The van der Waals surface area contributed by atoms with Crippen molar-refractivity contribution in [3.8, 4) is 6.07 Å². The Morgan fingerprint density at radius 3 is 2.21 bits per heavy atom. The molecule has 0 radical (unpaired) electrons. The molecule has 1 amide bonds. The summed E-state index contributed by atoms with van der Waals surface area (Å²) in [7, 11) is 1.30. The molecule has 2 N–H and O–H groups in total. The molecular formula is C20H15N5O3. The van der Waals surface area contributed by atoms with Crippen LogP contribution >= 0.6 is 0 Å². The minimum atomic E-state index is -0.450. The van der Waals surface area contributed by atoms with Gasteiger partial charge in [-0.2, -0.15) is 5.26 Å². The Labute approximate surface area is 160 Å². The number of carbonyl (C=O) groups excluding carboxylic acids is 2. The van der Waals surface area contributed by atoms with Gasteiger partial charge < -0.3 is 15.4 Å². The first-order valence-corrected chi connectivity index (χ1v) is 8.18. The van der Waals surface area contributed by atoms with Crippen LogP contribution < -0.4 is 10.6 Å². The van der Waals surface area contributed by atoms with E-state index in [0.717, 1.165) is 5.69 Å². The zero-order chi connectivity index (χ0) is 19.9. The second-order valence-electron chi connectivity index (χ2n) is 5.62. The highest BCUT2D eigenvalue weighted by atomic mass is 16.5. The molecule has 8 heteroatoms. The number of nitrogens with one attached hydrogen (secondary N) is 2. The molecular weight excluding hydrogens is 358 g/mol. The van der Waals surface area contributed by atoms with Gasteiger partial charge in [0.15, 0.2) is 0 Å². The van der Waals surface area contributed by atoms with Crippen LogP contribution in [0, 0.1) is 11.3 Å². The molecule has 0 aliphatic heterocycles. The molecule has 0 aliphatic carbocycles. The summed E-state index contributed by atoms with van der Waals surface area (Å²) in [5, 5.41) is 14.5. The highest BCUT2D eigenvalue weighted by molar-refractivity contribution is 6.03. The molecule has 0 aliphatic rings. The fourth-order valence-electron chi connectivity index (χ4n) is 2.29. The van der Waals surface area contributed by atoms with Crippen molar-refractivity contribution in [1.29, 1.82) is 5.26 Å². The third-order valence-electron chi connectivity index (χ3n) is 3.73. The lowest BCUT2D eigenvalue weighted by molar-refractivity contribution is 0.0600. The number of esters is 1. The molecule has 0 bridgehead atoms. The standard InChI is InChI=1S/C20H15N5O3/c1-28-20(27)14-4-8-16(9-5-14)25-19(26)17-11-23-18(12-22-17)24-15-6-2-13(10-21)3-7-15/h2-9,11-12H,1H3,(H,23,24)(H,25,26). The van der Waals surface area contributed by atoms with Crippen molar-refractivity contribution in [2.75, 3.05) is 17.7 Å². The van der Waals surface area contributed by atoms with E-state index in [9.17, 15) is 9.59 Å². The minimum absolute atomic E-state index is 0.141. The Bertz CT molecular complexity index is 1020. The van der Waals surface area contributed by atoms with Crippen LogP contribution in [0.1, 0.15) is 26.4 Å². The number of rotatable bonds is 5. The summed E-state index contributed by atoms with van der Waals surface area (Å²) in [5.74, 6) is -0.416. The zero-order valence-electron chi connectivity index (χ0n) is 14.8. The fraction of sp³-hybridized carbons (Fsp3) is 0.0500. The zero-order valence-corrected chi connectivity index (χ0v) is 14.8. The fourth-order valence-corrected chi connectivity index (χ4v) is 2.29. The van der Waals surface area contributed by atoms with E-state index in [-0.39, 0.29) is 5.69 Å². The molecule has 1 heterocycles. The summed E-state index contributed by atoms with van der Waals surface area (Å²) in [5.41, 5.74) is 2.35.